The van der Waals surface area contributed by atoms with E-state index < -0.39 is 0 Å². The fourth-order valence-corrected chi connectivity index (χ4v) is 3.20. The highest BCUT2D eigenvalue weighted by atomic mass is 35.5. The third-order valence-corrected chi connectivity index (χ3v) is 4.58. The molecule has 1 amide bonds. The van der Waals surface area contributed by atoms with E-state index in [2.05, 4.69) is 24.1 Å². The predicted molar refractivity (Wildman–Crippen MR) is 84.4 cm³/mol. The van der Waals surface area contributed by atoms with Crippen LogP contribution in [0.4, 0.5) is 0 Å². The van der Waals surface area contributed by atoms with Gasteiger partial charge >= 0.3 is 0 Å². The predicted octanol–water partition coefficient (Wildman–Crippen LogP) is 2.40. The van der Waals surface area contributed by atoms with Crippen molar-refractivity contribution in [2.24, 2.45) is 5.92 Å². The summed E-state index contributed by atoms with van der Waals surface area (Å²) in [4.78, 5) is 16.4. The molecule has 1 saturated carbocycles. The van der Waals surface area contributed by atoms with E-state index in [-0.39, 0.29) is 12.1 Å². The summed E-state index contributed by atoms with van der Waals surface area (Å²) in [5, 5.41) is 4.17. The highest BCUT2D eigenvalue weighted by Crippen LogP contribution is 2.42. The van der Waals surface area contributed by atoms with Crippen LogP contribution in [-0.4, -0.2) is 41.5 Å². The number of allylic oxidation sites excluding steroid dienone is 2. The Balaban J connectivity index is 1.82. The van der Waals surface area contributed by atoms with E-state index in [4.69, 9.17) is 11.6 Å². The maximum atomic E-state index is 12.4. The summed E-state index contributed by atoms with van der Waals surface area (Å²) < 4.78 is 0. The zero-order valence-electron chi connectivity index (χ0n) is 12.6. The second-order valence-corrected chi connectivity index (χ2v) is 6.29. The number of nitrogens with one attached hydrogen (secondary N) is 1. The molecule has 4 nitrogen and oxygen atoms in total. The minimum absolute atomic E-state index is 0.0188. The van der Waals surface area contributed by atoms with Crippen LogP contribution < -0.4 is 5.32 Å². The van der Waals surface area contributed by atoms with Gasteiger partial charge in [0.15, 0.2) is 0 Å². The molecule has 2 aliphatic heterocycles. The van der Waals surface area contributed by atoms with Crippen molar-refractivity contribution >= 4 is 17.5 Å². The number of rotatable bonds is 5. The number of fused-ring (bicyclic) bond motifs is 1. The number of amides is 1. The molecule has 0 aromatic carbocycles. The minimum Gasteiger partial charge on any atom is -0.363 e. The molecular formula is C16H22ClN3O. The molecule has 3 aliphatic rings. The van der Waals surface area contributed by atoms with E-state index in [9.17, 15) is 4.79 Å². The molecule has 1 unspecified atom stereocenters. The summed E-state index contributed by atoms with van der Waals surface area (Å²) in [5.41, 5.74) is 2.25. The van der Waals surface area contributed by atoms with Crippen LogP contribution in [0.3, 0.4) is 0 Å². The van der Waals surface area contributed by atoms with Crippen LogP contribution in [0, 0.1) is 5.92 Å². The highest BCUT2D eigenvalue weighted by Gasteiger charge is 2.39. The number of hydrogen-bond donors (Lipinski definition) is 1. The van der Waals surface area contributed by atoms with Crippen LogP contribution in [0.25, 0.3) is 0 Å². The Morgan fingerprint density at radius 3 is 2.67 bits per heavy atom. The van der Waals surface area contributed by atoms with E-state index in [0.29, 0.717) is 11.0 Å². The molecule has 114 valence electrons. The number of nitrogens with zero attached hydrogens (tertiary/aromatic N) is 2. The SMILES string of the molecule is CCN(CC)CC1=CC(=O)N2C=C(Cl)C=C(C3CC3)C2N1. The monoisotopic (exact) mass is 307 g/mol. The normalized spacial score (nSPS) is 25.1. The van der Waals surface area contributed by atoms with Gasteiger partial charge in [0, 0.05) is 24.5 Å². The molecule has 5 heteroatoms. The Hall–Kier alpha value is -1.26. The van der Waals surface area contributed by atoms with Crippen molar-refractivity contribution in [3.8, 4) is 0 Å². The van der Waals surface area contributed by atoms with E-state index in [1.165, 1.54) is 18.4 Å². The number of halogens is 1. The zero-order chi connectivity index (χ0) is 15.0. The molecule has 1 atom stereocenters. The van der Waals surface area contributed by atoms with Gasteiger partial charge in [0.2, 0.25) is 0 Å². The third kappa shape index (κ3) is 3.01. The molecule has 2 heterocycles. The standard InChI is InChI=1S/C16H22ClN3O/c1-3-19(4-2)10-13-8-15(21)20-9-12(17)7-14(11-5-6-11)16(20)18-13/h7-9,11,16,18H,3-6,10H2,1-2H3. The van der Waals surface area contributed by atoms with Crippen molar-refractivity contribution < 1.29 is 4.79 Å². The molecule has 1 fully saturated rings. The van der Waals surface area contributed by atoms with Crippen LogP contribution in [-0.2, 0) is 4.79 Å². The molecule has 21 heavy (non-hydrogen) atoms. The van der Waals surface area contributed by atoms with E-state index in [1.807, 2.05) is 6.08 Å². The summed E-state index contributed by atoms with van der Waals surface area (Å²) in [6.07, 6.45) is 7.81. The van der Waals surface area contributed by atoms with Crippen molar-refractivity contribution in [1.82, 2.24) is 15.1 Å². The summed E-state index contributed by atoms with van der Waals surface area (Å²) >= 11 is 6.17. The van der Waals surface area contributed by atoms with Crippen LogP contribution >= 0.6 is 11.6 Å². The fraction of sp³-hybridized carbons (Fsp3) is 0.562. The van der Waals surface area contributed by atoms with Gasteiger partial charge in [-0.3, -0.25) is 14.6 Å². The van der Waals surface area contributed by atoms with Gasteiger partial charge in [-0.1, -0.05) is 25.4 Å². The second kappa shape index (κ2) is 5.85. The Kier molecular flexibility index (Phi) is 4.09. The van der Waals surface area contributed by atoms with Crippen molar-refractivity contribution in [2.75, 3.05) is 19.6 Å². The molecule has 0 aromatic rings. The number of carbonyl (C=O) groups is 1. The minimum atomic E-state index is -0.0527. The van der Waals surface area contributed by atoms with E-state index >= 15 is 0 Å². The molecule has 0 aromatic heterocycles. The highest BCUT2D eigenvalue weighted by molar-refractivity contribution is 6.31. The van der Waals surface area contributed by atoms with Gasteiger partial charge in [-0.15, -0.1) is 0 Å². The molecule has 3 rings (SSSR count). The zero-order valence-corrected chi connectivity index (χ0v) is 13.4. The van der Waals surface area contributed by atoms with Gasteiger partial charge in [0.25, 0.3) is 5.91 Å². The first-order valence-electron chi connectivity index (χ1n) is 7.73. The Morgan fingerprint density at radius 2 is 2.05 bits per heavy atom. The average Bonchev–Trinajstić information content (AvgIpc) is 3.29. The van der Waals surface area contributed by atoms with E-state index in [1.54, 1.807) is 17.2 Å². The molecule has 0 radical (unpaired) electrons. The molecule has 0 saturated heterocycles. The number of hydrogen-bond acceptors (Lipinski definition) is 3. The number of likely N-dealkylation sites (N-methyl/N-ethyl adjacent to an activating group) is 1. The molecule has 1 aliphatic carbocycles. The van der Waals surface area contributed by atoms with Gasteiger partial charge in [-0.2, -0.15) is 0 Å². The molecule has 0 bridgehead atoms. The lowest BCUT2D eigenvalue weighted by Crippen LogP contribution is -2.53. The smallest absolute Gasteiger partial charge is 0.254 e. The van der Waals surface area contributed by atoms with Crippen molar-refractivity contribution in [1.29, 1.82) is 0 Å². The maximum absolute atomic E-state index is 12.4. The lowest BCUT2D eigenvalue weighted by molar-refractivity contribution is -0.126. The van der Waals surface area contributed by atoms with Crippen LogP contribution in [0.1, 0.15) is 26.7 Å². The van der Waals surface area contributed by atoms with Gasteiger partial charge in [0.1, 0.15) is 6.17 Å². The van der Waals surface area contributed by atoms with Gasteiger partial charge in [0.05, 0.1) is 5.03 Å². The topological polar surface area (TPSA) is 35.6 Å². The van der Waals surface area contributed by atoms with Crippen LogP contribution in [0.15, 0.2) is 34.7 Å². The van der Waals surface area contributed by atoms with Gasteiger partial charge in [-0.05, 0) is 43.5 Å². The lowest BCUT2D eigenvalue weighted by Gasteiger charge is -2.39. The first-order valence-corrected chi connectivity index (χ1v) is 8.10. The average molecular weight is 308 g/mol. The Morgan fingerprint density at radius 1 is 1.33 bits per heavy atom. The second-order valence-electron chi connectivity index (χ2n) is 5.86. The summed E-state index contributed by atoms with van der Waals surface area (Å²) in [5.74, 6) is 0.596. The maximum Gasteiger partial charge on any atom is 0.254 e. The Bertz CT molecular complexity index is 530. The van der Waals surface area contributed by atoms with Crippen LogP contribution in [0.2, 0.25) is 0 Å². The summed E-state index contributed by atoms with van der Waals surface area (Å²) in [7, 11) is 0. The quantitative estimate of drug-likeness (QED) is 0.847. The fourth-order valence-electron chi connectivity index (χ4n) is 2.97. The van der Waals surface area contributed by atoms with Crippen molar-refractivity contribution in [2.45, 2.75) is 32.9 Å². The van der Waals surface area contributed by atoms with Crippen LogP contribution in [0.5, 0.6) is 0 Å². The van der Waals surface area contributed by atoms with Gasteiger partial charge in [-0.25, -0.2) is 0 Å². The first kappa shape index (κ1) is 14.7. The Labute approximate surface area is 131 Å². The number of carbonyl (C=O) groups excluding carboxylic acids is 1. The summed E-state index contributed by atoms with van der Waals surface area (Å²) in [6.45, 7) is 7.03. The first-order chi connectivity index (χ1) is 10.1. The largest absolute Gasteiger partial charge is 0.363 e. The summed E-state index contributed by atoms with van der Waals surface area (Å²) in [6, 6.07) is 0. The molecule has 1 N–H and O–H groups in total. The van der Waals surface area contributed by atoms with Crippen molar-refractivity contribution in [3.63, 3.8) is 0 Å². The molecular weight excluding hydrogens is 286 g/mol. The third-order valence-electron chi connectivity index (χ3n) is 4.37. The van der Waals surface area contributed by atoms with Gasteiger partial charge < -0.3 is 5.32 Å². The van der Waals surface area contributed by atoms with Crippen molar-refractivity contribution in [3.05, 3.63) is 34.7 Å². The van der Waals surface area contributed by atoms with E-state index in [0.717, 1.165) is 25.3 Å². The molecule has 0 spiro atoms. The lowest BCUT2D eigenvalue weighted by atomic mass is 10.0.